The van der Waals surface area contributed by atoms with Crippen LogP contribution in [0.15, 0.2) is 23.8 Å². The Kier molecular flexibility index (Phi) is 3.83. The Morgan fingerprint density at radius 3 is 2.88 bits per heavy atom. The molecule has 1 amide bonds. The lowest BCUT2D eigenvalue weighted by Gasteiger charge is -2.27. The molecule has 10 nitrogen and oxygen atoms in total. The third-order valence-electron chi connectivity index (χ3n) is 3.57. The van der Waals surface area contributed by atoms with E-state index in [2.05, 4.69) is 29.8 Å². The van der Waals surface area contributed by atoms with Gasteiger partial charge in [0.05, 0.1) is 6.54 Å². The maximum atomic E-state index is 12.3. The van der Waals surface area contributed by atoms with E-state index >= 15 is 0 Å². The topological polar surface area (TPSA) is 112 Å². The van der Waals surface area contributed by atoms with Crippen molar-refractivity contribution in [2.45, 2.75) is 19.7 Å². The van der Waals surface area contributed by atoms with Crippen LogP contribution in [0.1, 0.15) is 22.1 Å². The number of amides is 1. The number of hydrogen-bond acceptors (Lipinski definition) is 9. The van der Waals surface area contributed by atoms with Gasteiger partial charge in [-0.1, -0.05) is 4.49 Å². The molecule has 3 aromatic heterocycles. The lowest BCUT2D eigenvalue weighted by atomic mass is 10.3. The molecule has 122 valence electrons. The van der Waals surface area contributed by atoms with Crippen LogP contribution in [-0.4, -0.2) is 51.7 Å². The molecule has 3 aromatic rings. The number of carbonyl (C=O) groups excluding carboxylic acids is 1. The lowest BCUT2D eigenvalue weighted by Crippen LogP contribution is -2.39. The van der Waals surface area contributed by atoms with E-state index in [0.29, 0.717) is 43.0 Å². The summed E-state index contributed by atoms with van der Waals surface area (Å²) < 4.78 is 11.2. The highest BCUT2D eigenvalue weighted by atomic mass is 32.1. The summed E-state index contributed by atoms with van der Waals surface area (Å²) in [5, 5.41) is 13.7. The summed E-state index contributed by atoms with van der Waals surface area (Å²) in [6.07, 6.45) is 3.22. The van der Waals surface area contributed by atoms with Crippen LogP contribution in [0.2, 0.25) is 0 Å². The van der Waals surface area contributed by atoms with Gasteiger partial charge in [-0.2, -0.15) is 0 Å². The maximum absolute atomic E-state index is 12.3. The van der Waals surface area contributed by atoms with Crippen LogP contribution < -0.4 is 4.74 Å². The minimum Gasteiger partial charge on any atom is -0.455 e. The fourth-order valence-electron chi connectivity index (χ4n) is 2.41. The molecular weight excluding hydrogens is 332 g/mol. The van der Waals surface area contributed by atoms with E-state index in [1.54, 1.807) is 28.7 Å². The van der Waals surface area contributed by atoms with Crippen LogP contribution >= 0.6 is 11.5 Å². The smallest absolute Gasteiger partial charge is 0.316 e. The molecule has 4 heterocycles. The molecule has 4 rings (SSSR count). The fourth-order valence-corrected chi connectivity index (χ4v) is 2.84. The van der Waals surface area contributed by atoms with Crippen LogP contribution in [0.4, 0.5) is 0 Å². The van der Waals surface area contributed by atoms with Crippen LogP contribution in [0.25, 0.3) is 0 Å². The van der Waals surface area contributed by atoms with Gasteiger partial charge in [-0.25, -0.2) is 9.97 Å². The van der Waals surface area contributed by atoms with Gasteiger partial charge >= 0.3 is 6.01 Å². The van der Waals surface area contributed by atoms with Crippen molar-refractivity contribution in [1.29, 1.82) is 0 Å². The van der Waals surface area contributed by atoms with Crippen molar-refractivity contribution in [3.8, 4) is 6.01 Å². The van der Waals surface area contributed by atoms with Crippen molar-refractivity contribution < 1.29 is 9.53 Å². The Morgan fingerprint density at radius 1 is 1.21 bits per heavy atom. The molecular formula is C13H12N8O2S. The Labute approximate surface area is 140 Å². The van der Waals surface area contributed by atoms with E-state index in [4.69, 9.17) is 4.74 Å². The summed E-state index contributed by atoms with van der Waals surface area (Å²) >= 11 is 1.16. The second-order valence-corrected chi connectivity index (χ2v) is 5.63. The van der Waals surface area contributed by atoms with Crippen molar-refractivity contribution in [2.24, 2.45) is 0 Å². The Bertz CT molecular complexity index is 835. The molecule has 11 heteroatoms. The van der Waals surface area contributed by atoms with E-state index in [9.17, 15) is 4.79 Å². The first-order valence-corrected chi connectivity index (χ1v) is 8.02. The molecule has 0 radical (unpaired) electrons. The molecule has 24 heavy (non-hydrogen) atoms. The van der Waals surface area contributed by atoms with Crippen molar-refractivity contribution >= 4 is 17.4 Å². The highest BCUT2D eigenvalue weighted by molar-refractivity contribution is 7.03. The third-order valence-corrected chi connectivity index (χ3v) is 4.07. The number of rotatable bonds is 4. The first-order chi connectivity index (χ1) is 11.8. The minimum absolute atomic E-state index is 0.145. The molecule has 1 aliphatic heterocycles. The van der Waals surface area contributed by atoms with E-state index < -0.39 is 0 Å². The van der Waals surface area contributed by atoms with Crippen LogP contribution in [0, 0.1) is 0 Å². The predicted molar refractivity (Wildman–Crippen MR) is 81.0 cm³/mol. The van der Waals surface area contributed by atoms with E-state index in [1.165, 1.54) is 0 Å². The Hall–Kier alpha value is -2.95. The van der Waals surface area contributed by atoms with Crippen molar-refractivity contribution in [1.82, 2.24) is 39.2 Å². The number of carbonyl (C=O) groups is 1. The summed E-state index contributed by atoms with van der Waals surface area (Å²) in [4.78, 5) is 22.0. The molecule has 0 aliphatic carbocycles. The fraction of sp³-hybridized carbons (Fsp3) is 0.308. The largest absolute Gasteiger partial charge is 0.455 e. The summed E-state index contributed by atoms with van der Waals surface area (Å²) in [5.74, 6) is 1.25. The van der Waals surface area contributed by atoms with Gasteiger partial charge in [0, 0.05) is 30.9 Å². The SMILES string of the molecule is O=C(c1csnn1)N1CCn2c(COc3ncccn3)nnc2C1. The van der Waals surface area contributed by atoms with Gasteiger partial charge in [0.2, 0.25) is 0 Å². The Morgan fingerprint density at radius 2 is 2.08 bits per heavy atom. The second kappa shape index (κ2) is 6.28. The average molecular weight is 344 g/mol. The standard InChI is InChI=1S/C13H12N8O2S/c22-12(9-8-24-19-16-9)20-4-5-21-10(6-20)17-18-11(21)7-23-13-14-2-1-3-15-13/h1-3,8H,4-7H2. The van der Waals surface area contributed by atoms with Gasteiger partial charge in [0.15, 0.2) is 23.9 Å². The van der Waals surface area contributed by atoms with Crippen molar-refractivity contribution in [2.75, 3.05) is 6.54 Å². The molecule has 0 aromatic carbocycles. The molecule has 0 unspecified atom stereocenters. The molecule has 1 aliphatic rings. The summed E-state index contributed by atoms with van der Waals surface area (Å²) in [7, 11) is 0. The van der Waals surface area contributed by atoms with Gasteiger partial charge in [0.1, 0.15) is 0 Å². The van der Waals surface area contributed by atoms with Crippen molar-refractivity contribution in [3.63, 3.8) is 0 Å². The summed E-state index contributed by atoms with van der Waals surface area (Å²) in [5.41, 5.74) is 0.359. The van der Waals surface area contributed by atoms with Gasteiger partial charge in [-0.3, -0.25) is 4.79 Å². The van der Waals surface area contributed by atoms with E-state index in [0.717, 1.165) is 11.5 Å². The van der Waals surface area contributed by atoms with Crippen LogP contribution in [0.5, 0.6) is 6.01 Å². The monoisotopic (exact) mass is 344 g/mol. The number of hydrogen-bond donors (Lipinski definition) is 0. The quantitative estimate of drug-likeness (QED) is 0.658. The molecule has 0 saturated carbocycles. The summed E-state index contributed by atoms with van der Waals surface area (Å²) in [6, 6.07) is 2.01. The molecule has 0 spiro atoms. The molecule has 0 atom stereocenters. The number of aromatic nitrogens is 7. The minimum atomic E-state index is -0.145. The summed E-state index contributed by atoms with van der Waals surface area (Å²) in [6.45, 7) is 1.75. The number of ether oxygens (including phenoxy) is 1. The van der Waals surface area contributed by atoms with Crippen LogP contribution in [-0.2, 0) is 19.7 Å². The zero-order valence-corrected chi connectivity index (χ0v) is 13.3. The lowest BCUT2D eigenvalue weighted by molar-refractivity contribution is 0.0699. The highest BCUT2D eigenvalue weighted by Gasteiger charge is 2.26. The molecule has 0 N–H and O–H groups in total. The van der Waals surface area contributed by atoms with Gasteiger partial charge in [-0.15, -0.1) is 15.3 Å². The highest BCUT2D eigenvalue weighted by Crippen LogP contribution is 2.16. The zero-order chi connectivity index (χ0) is 16.4. The van der Waals surface area contributed by atoms with Crippen molar-refractivity contribution in [3.05, 3.63) is 41.2 Å². The first-order valence-electron chi connectivity index (χ1n) is 7.18. The van der Waals surface area contributed by atoms with E-state index in [1.807, 2.05) is 4.57 Å². The molecule has 0 saturated heterocycles. The molecule has 0 fully saturated rings. The van der Waals surface area contributed by atoms with E-state index in [-0.39, 0.29) is 12.5 Å². The van der Waals surface area contributed by atoms with Crippen LogP contribution in [0.3, 0.4) is 0 Å². The predicted octanol–water partition coefficient (Wildman–Crippen LogP) is 0.155. The van der Waals surface area contributed by atoms with Gasteiger partial charge in [-0.05, 0) is 17.6 Å². The third kappa shape index (κ3) is 2.80. The first kappa shape index (κ1) is 14.6. The Balaban J connectivity index is 1.44. The van der Waals surface area contributed by atoms with Gasteiger partial charge < -0.3 is 14.2 Å². The number of nitrogens with zero attached hydrogens (tertiary/aromatic N) is 8. The maximum Gasteiger partial charge on any atom is 0.316 e. The molecule has 0 bridgehead atoms. The average Bonchev–Trinajstić information content (AvgIpc) is 3.30. The normalized spacial score (nSPS) is 13.6. The van der Waals surface area contributed by atoms with Gasteiger partial charge in [0.25, 0.3) is 5.91 Å². The zero-order valence-electron chi connectivity index (χ0n) is 12.4. The second-order valence-electron chi connectivity index (χ2n) is 5.02. The number of fused-ring (bicyclic) bond motifs is 1.